The molecule has 0 fully saturated rings. The Bertz CT molecular complexity index is 354. The van der Waals surface area contributed by atoms with Crippen LogP contribution in [0.2, 0.25) is 0 Å². The maximum atomic E-state index is 11.7. The standard InChI is InChI=1S/C8H17N3O3S2/c1-2-6(8(10)15)16(13,14)11-5-3-4-7(9)12/h6,11H,2-5H2,1H3,(H2,9,12)(H2,10,15). The minimum Gasteiger partial charge on any atom is -0.392 e. The van der Waals surface area contributed by atoms with Crippen LogP contribution in [-0.4, -0.2) is 31.1 Å². The van der Waals surface area contributed by atoms with E-state index in [1.807, 2.05) is 0 Å². The van der Waals surface area contributed by atoms with Crippen LogP contribution in [0.3, 0.4) is 0 Å². The molecule has 0 bridgehead atoms. The first-order chi connectivity index (χ1) is 7.31. The average Bonchev–Trinajstić information content (AvgIpc) is 2.12. The van der Waals surface area contributed by atoms with Crippen molar-refractivity contribution in [1.29, 1.82) is 0 Å². The predicted octanol–water partition coefficient (Wildman–Crippen LogP) is -0.764. The summed E-state index contributed by atoms with van der Waals surface area (Å²) in [6.45, 7) is 1.84. The molecule has 0 saturated heterocycles. The molecule has 5 N–H and O–H groups in total. The third-order valence-electron chi connectivity index (χ3n) is 1.97. The van der Waals surface area contributed by atoms with Gasteiger partial charge in [0.2, 0.25) is 15.9 Å². The molecule has 1 unspecified atom stereocenters. The van der Waals surface area contributed by atoms with Crippen molar-refractivity contribution in [2.45, 2.75) is 31.4 Å². The number of nitrogens with one attached hydrogen (secondary N) is 1. The third kappa shape index (κ3) is 5.38. The summed E-state index contributed by atoms with van der Waals surface area (Å²) in [4.78, 5) is 10.4. The van der Waals surface area contributed by atoms with Gasteiger partial charge in [-0.05, 0) is 12.8 Å². The van der Waals surface area contributed by atoms with E-state index in [-0.39, 0.29) is 18.0 Å². The first-order valence-corrected chi connectivity index (χ1v) is 6.82. The van der Waals surface area contributed by atoms with Crippen molar-refractivity contribution in [1.82, 2.24) is 4.72 Å². The van der Waals surface area contributed by atoms with Crippen molar-refractivity contribution >= 4 is 33.1 Å². The zero-order chi connectivity index (χ0) is 12.8. The molecule has 0 spiro atoms. The van der Waals surface area contributed by atoms with Crippen LogP contribution in [-0.2, 0) is 14.8 Å². The van der Waals surface area contributed by atoms with Crippen molar-refractivity contribution in [3.05, 3.63) is 0 Å². The first kappa shape index (κ1) is 15.3. The summed E-state index contributed by atoms with van der Waals surface area (Å²) in [5.74, 6) is -0.458. The van der Waals surface area contributed by atoms with Crippen LogP contribution in [0.25, 0.3) is 0 Å². The van der Waals surface area contributed by atoms with E-state index in [0.717, 1.165) is 0 Å². The first-order valence-electron chi connectivity index (χ1n) is 4.87. The lowest BCUT2D eigenvalue weighted by atomic mass is 10.3. The summed E-state index contributed by atoms with van der Waals surface area (Å²) < 4.78 is 25.6. The van der Waals surface area contributed by atoms with Gasteiger partial charge in [-0.3, -0.25) is 4.79 Å². The lowest BCUT2D eigenvalue weighted by Crippen LogP contribution is -2.42. The molecule has 0 aliphatic heterocycles. The smallest absolute Gasteiger partial charge is 0.220 e. The van der Waals surface area contributed by atoms with Gasteiger partial charge in [0, 0.05) is 13.0 Å². The van der Waals surface area contributed by atoms with Crippen molar-refractivity contribution in [2.24, 2.45) is 11.5 Å². The number of primary amides is 1. The molecule has 0 aliphatic carbocycles. The number of hydrogen-bond acceptors (Lipinski definition) is 4. The molecular weight excluding hydrogens is 250 g/mol. The van der Waals surface area contributed by atoms with Crippen LogP contribution in [0, 0.1) is 0 Å². The molecule has 0 aromatic rings. The van der Waals surface area contributed by atoms with Gasteiger partial charge in [-0.25, -0.2) is 13.1 Å². The Morgan fingerprint density at radius 3 is 2.38 bits per heavy atom. The van der Waals surface area contributed by atoms with Crippen LogP contribution in [0.5, 0.6) is 0 Å². The van der Waals surface area contributed by atoms with Crippen LogP contribution in [0.4, 0.5) is 0 Å². The van der Waals surface area contributed by atoms with Gasteiger partial charge >= 0.3 is 0 Å². The molecule has 1 atom stereocenters. The molecule has 0 rings (SSSR count). The second-order valence-corrected chi connectivity index (χ2v) is 5.73. The zero-order valence-electron chi connectivity index (χ0n) is 9.10. The monoisotopic (exact) mass is 267 g/mol. The summed E-state index contributed by atoms with van der Waals surface area (Å²) in [5, 5.41) is -0.865. The van der Waals surface area contributed by atoms with Gasteiger partial charge in [0.15, 0.2) is 0 Å². The Morgan fingerprint density at radius 2 is 2.00 bits per heavy atom. The zero-order valence-corrected chi connectivity index (χ0v) is 10.7. The van der Waals surface area contributed by atoms with E-state index in [0.29, 0.717) is 12.8 Å². The highest BCUT2D eigenvalue weighted by molar-refractivity contribution is 7.93. The summed E-state index contributed by atoms with van der Waals surface area (Å²) in [6, 6.07) is 0. The fourth-order valence-corrected chi connectivity index (χ4v) is 3.07. The summed E-state index contributed by atoms with van der Waals surface area (Å²) in [6.07, 6.45) is 0.829. The quantitative estimate of drug-likeness (QED) is 0.395. The number of hydrogen-bond donors (Lipinski definition) is 3. The molecule has 6 nitrogen and oxygen atoms in total. The molecule has 0 radical (unpaired) electrons. The number of carbonyl (C=O) groups is 1. The van der Waals surface area contributed by atoms with E-state index in [2.05, 4.69) is 16.9 Å². The van der Waals surface area contributed by atoms with Gasteiger partial charge in [0.1, 0.15) is 5.25 Å². The lowest BCUT2D eigenvalue weighted by molar-refractivity contribution is -0.118. The van der Waals surface area contributed by atoms with E-state index >= 15 is 0 Å². The van der Waals surface area contributed by atoms with E-state index in [1.54, 1.807) is 6.92 Å². The van der Waals surface area contributed by atoms with Crippen molar-refractivity contribution in [3.63, 3.8) is 0 Å². The van der Waals surface area contributed by atoms with Crippen LogP contribution >= 0.6 is 12.2 Å². The fraction of sp³-hybridized carbons (Fsp3) is 0.750. The number of carbonyl (C=O) groups excluding carboxylic acids is 1. The van der Waals surface area contributed by atoms with E-state index in [1.165, 1.54) is 0 Å². The molecular formula is C8H17N3O3S2. The Balaban J connectivity index is 4.24. The van der Waals surface area contributed by atoms with Gasteiger partial charge in [0.05, 0.1) is 4.99 Å². The minimum absolute atomic E-state index is 0.0510. The van der Waals surface area contributed by atoms with E-state index in [9.17, 15) is 13.2 Å². The van der Waals surface area contributed by atoms with Crippen molar-refractivity contribution in [3.8, 4) is 0 Å². The normalized spacial score (nSPS) is 13.3. The maximum absolute atomic E-state index is 11.7. The molecule has 16 heavy (non-hydrogen) atoms. The van der Waals surface area contributed by atoms with Gasteiger partial charge in [-0.15, -0.1) is 0 Å². The molecule has 0 saturated carbocycles. The number of rotatable bonds is 8. The van der Waals surface area contributed by atoms with Crippen LogP contribution in [0.1, 0.15) is 26.2 Å². The molecule has 0 aromatic carbocycles. The lowest BCUT2D eigenvalue weighted by Gasteiger charge is -2.14. The maximum Gasteiger partial charge on any atom is 0.220 e. The van der Waals surface area contributed by atoms with E-state index < -0.39 is 21.2 Å². The average molecular weight is 267 g/mol. The van der Waals surface area contributed by atoms with E-state index in [4.69, 9.17) is 11.5 Å². The Morgan fingerprint density at radius 1 is 1.44 bits per heavy atom. The highest BCUT2D eigenvalue weighted by Crippen LogP contribution is 2.04. The number of sulfonamides is 1. The molecule has 1 amide bonds. The minimum atomic E-state index is -3.54. The Labute approximate surface area is 101 Å². The fourth-order valence-electron chi connectivity index (χ4n) is 1.15. The molecule has 0 aliphatic rings. The van der Waals surface area contributed by atoms with Gasteiger partial charge in [0.25, 0.3) is 0 Å². The largest absolute Gasteiger partial charge is 0.392 e. The molecule has 8 heteroatoms. The number of nitrogens with two attached hydrogens (primary N) is 2. The van der Waals surface area contributed by atoms with Crippen molar-refractivity contribution < 1.29 is 13.2 Å². The van der Waals surface area contributed by atoms with Gasteiger partial charge < -0.3 is 11.5 Å². The van der Waals surface area contributed by atoms with Crippen molar-refractivity contribution in [2.75, 3.05) is 6.54 Å². The highest BCUT2D eigenvalue weighted by atomic mass is 32.2. The summed E-state index contributed by atoms with van der Waals surface area (Å²) in [5.41, 5.74) is 10.2. The molecule has 0 aromatic heterocycles. The molecule has 94 valence electrons. The van der Waals surface area contributed by atoms with Gasteiger partial charge in [-0.2, -0.15) is 0 Å². The van der Waals surface area contributed by atoms with Gasteiger partial charge in [-0.1, -0.05) is 19.1 Å². The second kappa shape index (κ2) is 6.77. The highest BCUT2D eigenvalue weighted by Gasteiger charge is 2.25. The second-order valence-electron chi connectivity index (χ2n) is 3.31. The topological polar surface area (TPSA) is 115 Å². The predicted molar refractivity (Wildman–Crippen MR) is 66.2 cm³/mol. The molecule has 0 heterocycles. The number of thiocarbonyl (C=S) groups is 1. The van der Waals surface area contributed by atoms with Crippen LogP contribution in [0.15, 0.2) is 0 Å². The Kier molecular flexibility index (Phi) is 6.46. The Hall–Kier alpha value is -0.730. The summed E-state index contributed by atoms with van der Waals surface area (Å²) >= 11 is 4.67. The third-order valence-corrected chi connectivity index (χ3v) is 4.34. The summed E-state index contributed by atoms with van der Waals surface area (Å²) in [7, 11) is -3.54. The number of amides is 1. The SMILES string of the molecule is CCC(C(N)=S)S(=O)(=O)NCCCC(N)=O. The van der Waals surface area contributed by atoms with Crippen LogP contribution < -0.4 is 16.2 Å².